The van der Waals surface area contributed by atoms with Gasteiger partial charge in [-0.2, -0.15) is 0 Å². The number of aromatic nitrogens is 2. The maximum Gasteiger partial charge on any atom is 0.342 e. The molecule has 0 radical (unpaired) electrons. The van der Waals surface area contributed by atoms with Gasteiger partial charge >= 0.3 is 5.97 Å². The van der Waals surface area contributed by atoms with Crippen LogP contribution in [0, 0.1) is 6.92 Å². The second-order valence-corrected chi connectivity index (χ2v) is 7.84. The molecule has 0 unspecified atom stereocenters. The maximum absolute atomic E-state index is 12.8. The van der Waals surface area contributed by atoms with Crippen LogP contribution in [0.3, 0.4) is 0 Å². The molecule has 0 saturated carbocycles. The molecule has 0 aliphatic carbocycles. The van der Waals surface area contributed by atoms with Gasteiger partial charge in [0.05, 0.1) is 13.2 Å². The standard InChI is InChI=1S/C24H25N3O4/c1-3-29-24(28)20-16(2)31-23-18-8-5-4-7-17(18)22-19(21(20)23)13-27(15-30-22)11-6-10-26-12-9-25-14-26/h4-5,7-9,12,14H,3,6,10-11,13,15H2,1-2H3/p+1. The summed E-state index contributed by atoms with van der Waals surface area (Å²) in [5.41, 5.74) is 2.23. The van der Waals surface area contributed by atoms with Gasteiger partial charge in [0, 0.05) is 34.8 Å². The van der Waals surface area contributed by atoms with Crippen molar-refractivity contribution in [3.63, 3.8) is 0 Å². The fourth-order valence-electron chi connectivity index (χ4n) is 4.45. The number of aryl methyl sites for hydroxylation is 2. The van der Waals surface area contributed by atoms with E-state index in [9.17, 15) is 4.79 Å². The minimum Gasteiger partial charge on any atom is -0.477 e. The van der Waals surface area contributed by atoms with Gasteiger partial charge in [0.1, 0.15) is 41.8 Å². The smallest absolute Gasteiger partial charge is 0.342 e. The molecule has 1 aliphatic heterocycles. The molecular formula is C24H26N3O4+. The SMILES string of the molecule is CCOC(=O)c1c(C)oc2c1c1c(c3ccccc32)OCN(CCC[n+]2cc[nH]c2)C1. The van der Waals surface area contributed by atoms with E-state index in [4.69, 9.17) is 13.9 Å². The van der Waals surface area contributed by atoms with E-state index >= 15 is 0 Å². The number of nitrogens with zero attached hydrogens (tertiary/aromatic N) is 2. The third-order valence-electron chi connectivity index (χ3n) is 5.82. The van der Waals surface area contributed by atoms with Crippen LogP contribution >= 0.6 is 0 Å². The van der Waals surface area contributed by atoms with Crippen LogP contribution in [0.4, 0.5) is 0 Å². The molecule has 4 aromatic rings. The fraction of sp³-hybridized carbons (Fsp3) is 0.333. The van der Waals surface area contributed by atoms with Crippen molar-refractivity contribution in [2.45, 2.75) is 33.4 Å². The van der Waals surface area contributed by atoms with Crippen LogP contribution in [0.15, 0.2) is 47.4 Å². The van der Waals surface area contributed by atoms with Gasteiger partial charge < -0.3 is 13.9 Å². The number of benzene rings is 2. The molecule has 2 aromatic heterocycles. The number of furan rings is 1. The van der Waals surface area contributed by atoms with Crippen LogP contribution < -0.4 is 9.30 Å². The van der Waals surface area contributed by atoms with Crippen LogP contribution in [0.5, 0.6) is 5.75 Å². The number of carbonyl (C=O) groups excluding carboxylic acids is 1. The number of rotatable bonds is 6. The molecule has 0 atom stereocenters. The molecule has 7 heteroatoms. The number of esters is 1. The Morgan fingerprint density at radius 3 is 2.90 bits per heavy atom. The molecule has 1 aliphatic rings. The second-order valence-electron chi connectivity index (χ2n) is 7.84. The molecule has 0 fully saturated rings. The first-order valence-electron chi connectivity index (χ1n) is 10.7. The molecule has 1 N–H and O–H groups in total. The predicted molar refractivity (Wildman–Crippen MR) is 116 cm³/mol. The molecule has 0 spiro atoms. The lowest BCUT2D eigenvalue weighted by Gasteiger charge is -2.30. The molecule has 0 bridgehead atoms. The van der Waals surface area contributed by atoms with E-state index in [0.29, 0.717) is 31.2 Å². The summed E-state index contributed by atoms with van der Waals surface area (Å²) in [5, 5.41) is 2.78. The van der Waals surface area contributed by atoms with Crippen LogP contribution in [0.2, 0.25) is 0 Å². The number of H-pyrrole nitrogens is 1. The third-order valence-corrected chi connectivity index (χ3v) is 5.82. The number of ether oxygens (including phenoxy) is 2. The van der Waals surface area contributed by atoms with Gasteiger partial charge in [-0.1, -0.05) is 24.3 Å². The zero-order chi connectivity index (χ0) is 21.4. The Morgan fingerprint density at radius 2 is 2.13 bits per heavy atom. The molecule has 31 heavy (non-hydrogen) atoms. The summed E-state index contributed by atoms with van der Waals surface area (Å²) in [5.74, 6) is 1.07. The Balaban J connectivity index is 1.56. The molecule has 3 heterocycles. The largest absolute Gasteiger partial charge is 0.477 e. The summed E-state index contributed by atoms with van der Waals surface area (Å²) in [7, 11) is 0. The Hall–Kier alpha value is -3.32. The highest BCUT2D eigenvalue weighted by Gasteiger charge is 2.30. The summed E-state index contributed by atoms with van der Waals surface area (Å²) >= 11 is 0. The van der Waals surface area contributed by atoms with Crippen molar-refractivity contribution in [2.75, 3.05) is 19.9 Å². The lowest BCUT2D eigenvalue weighted by molar-refractivity contribution is -0.696. The highest BCUT2D eigenvalue weighted by molar-refractivity contribution is 6.16. The number of hydrogen-bond donors (Lipinski definition) is 1. The number of aromatic amines is 1. The monoisotopic (exact) mass is 420 g/mol. The van der Waals surface area contributed by atoms with Gasteiger partial charge in [-0.15, -0.1) is 0 Å². The Labute approximate surface area is 180 Å². The number of fused-ring (bicyclic) bond motifs is 6. The van der Waals surface area contributed by atoms with Crippen molar-refractivity contribution in [2.24, 2.45) is 0 Å². The van der Waals surface area contributed by atoms with E-state index < -0.39 is 0 Å². The first-order valence-corrected chi connectivity index (χ1v) is 10.7. The van der Waals surface area contributed by atoms with Crippen LogP contribution in [0.25, 0.3) is 21.7 Å². The average Bonchev–Trinajstić information content (AvgIpc) is 3.41. The lowest BCUT2D eigenvalue weighted by atomic mass is 9.96. The van der Waals surface area contributed by atoms with Gasteiger partial charge in [0.15, 0.2) is 0 Å². The Kier molecular flexibility index (Phi) is 5.11. The average molecular weight is 420 g/mol. The van der Waals surface area contributed by atoms with E-state index in [1.54, 1.807) is 0 Å². The summed E-state index contributed by atoms with van der Waals surface area (Å²) in [6.45, 7) is 6.99. The molecule has 5 rings (SSSR count). The van der Waals surface area contributed by atoms with E-state index in [2.05, 4.69) is 14.5 Å². The number of carbonyl (C=O) groups is 1. The van der Waals surface area contributed by atoms with Crippen LogP contribution in [-0.2, 0) is 17.8 Å². The van der Waals surface area contributed by atoms with Gasteiger partial charge in [-0.05, 0) is 20.3 Å². The van der Waals surface area contributed by atoms with Crippen LogP contribution in [0.1, 0.15) is 35.0 Å². The van der Waals surface area contributed by atoms with Gasteiger partial charge in [-0.25, -0.2) is 9.36 Å². The topological polar surface area (TPSA) is 71.6 Å². The quantitative estimate of drug-likeness (QED) is 0.378. The fourth-order valence-corrected chi connectivity index (χ4v) is 4.45. The van der Waals surface area contributed by atoms with Crippen molar-refractivity contribution >= 4 is 27.7 Å². The Morgan fingerprint density at radius 1 is 1.29 bits per heavy atom. The number of hydrogen-bond acceptors (Lipinski definition) is 5. The Bertz CT molecular complexity index is 1240. The normalized spacial score (nSPS) is 14.0. The van der Waals surface area contributed by atoms with E-state index in [1.807, 2.05) is 56.8 Å². The van der Waals surface area contributed by atoms with Crippen molar-refractivity contribution in [1.29, 1.82) is 0 Å². The summed E-state index contributed by atoms with van der Waals surface area (Å²) in [6, 6.07) is 8.04. The van der Waals surface area contributed by atoms with E-state index in [1.165, 1.54) is 0 Å². The van der Waals surface area contributed by atoms with Crippen molar-refractivity contribution in [1.82, 2.24) is 9.88 Å². The molecule has 160 valence electrons. The summed E-state index contributed by atoms with van der Waals surface area (Å²) in [4.78, 5) is 18.1. The molecular weight excluding hydrogens is 394 g/mol. The second kappa shape index (κ2) is 8.07. The van der Waals surface area contributed by atoms with Crippen molar-refractivity contribution in [3.8, 4) is 5.75 Å². The summed E-state index contributed by atoms with van der Waals surface area (Å²) in [6.07, 6.45) is 6.89. The van der Waals surface area contributed by atoms with Crippen molar-refractivity contribution in [3.05, 3.63) is 59.9 Å². The number of nitrogens with one attached hydrogen (secondary N) is 1. The van der Waals surface area contributed by atoms with Gasteiger partial charge in [-0.3, -0.25) is 9.88 Å². The highest BCUT2D eigenvalue weighted by Crippen LogP contribution is 2.44. The predicted octanol–water partition coefficient (Wildman–Crippen LogP) is 3.93. The minimum absolute atomic E-state index is 0.320. The van der Waals surface area contributed by atoms with E-state index in [-0.39, 0.29) is 5.97 Å². The molecule has 0 saturated heterocycles. The number of imidazole rings is 1. The van der Waals surface area contributed by atoms with E-state index in [0.717, 1.165) is 52.6 Å². The zero-order valence-electron chi connectivity index (χ0n) is 17.8. The minimum atomic E-state index is -0.350. The zero-order valence-corrected chi connectivity index (χ0v) is 17.8. The first-order chi connectivity index (χ1) is 15.2. The van der Waals surface area contributed by atoms with Gasteiger partial charge in [0.25, 0.3) is 0 Å². The first kappa shape index (κ1) is 19.6. The lowest BCUT2D eigenvalue weighted by Crippen LogP contribution is -2.37. The maximum atomic E-state index is 12.8. The van der Waals surface area contributed by atoms with Gasteiger partial charge in [0.2, 0.25) is 6.33 Å². The third kappa shape index (κ3) is 3.45. The summed E-state index contributed by atoms with van der Waals surface area (Å²) < 4.78 is 19.9. The molecule has 2 aromatic carbocycles. The van der Waals surface area contributed by atoms with Crippen molar-refractivity contribution < 1.29 is 23.3 Å². The molecule has 7 nitrogen and oxygen atoms in total. The highest BCUT2D eigenvalue weighted by atomic mass is 16.5. The molecule has 0 amide bonds. The van der Waals surface area contributed by atoms with Crippen LogP contribution in [-0.4, -0.2) is 35.7 Å².